The minimum absolute atomic E-state index is 0.0423. The van der Waals surface area contributed by atoms with Crippen LogP contribution in [0.25, 0.3) is 0 Å². The van der Waals surface area contributed by atoms with Crippen LogP contribution in [0.4, 0.5) is 0 Å². The van der Waals surface area contributed by atoms with E-state index in [1.165, 1.54) is 0 Å². The third-order valence-corrected chi connectivity index (χ3v) is 5.07. The number of nitrogens with one attached hydrogen (secondary N) is 1. The lowest BCUT2D eigenvalue weighted by Crippen LogP contribution is -2.51. The van der Waals surface area contributed by atoms with Crippen LogP contribution in [0.1, 0.15) is 31.4 Å². The van der Waals surface area contributed by atoms with E-state index >= 15 is 0 Å². The van der Waals surface area contributed by atoms with Crippen LogP contribution in [0.2, 0.25) is 5.02 Å². The van der Waals surface area contributed by atoms with Gasteiger partial charge in [-0.05, 0) is 37.9 Å². The smallest absolute Gasteiger partial charge is 0.224 e. The summed E-state index contributed by atoms with van der Waals surface area (Å²) >= 11 is 6.39. The van der Waals surface area contributed by atoms with Crippen LogP contribution in [0.3, 0.4) is 0 Å². The maximum atomic E-state index is 12.0. The fourth-order valence-electron chi connectivity index (χ4n) is 3.81. The van der Waals surface area contributed by atoms with Gasteiger partial charge >= 0.3 is 0 Å². The molecule has 0 aromatic heterocycles. The molecular weight excluding hydrogens is 286 g/mol. The van der Waals surface area contributed by atoms with E-state index in [1.807, 2.05) is 31.2 Å². The molecule has 5 heteroatoms. The lowest BCUT2D eigenvalue weighted by Gasteiger charge is -2.43. The Morgan fingerprint density at radius 3 is 2.90 bits per heavy atom. The van der Waals surface area contributed by atoms with Gasteiger partial charge in [-0.25, -0.2) is 0 Å². The van der Waals surface area contributed by atoms with Crippen LogP contribution in [0, 0.1) is 5.92 Å². The molecule has 3 N–H and O–H groups in total. The summed E-state index contributed by atoms with van der Waals surface area (Å²) in [6.45, 7) is 3.70. The zero-order valence-corrected chi connectivity index (χ0v) is 13.0. The number of benzene rings is 1. The average Bonchev–Trinajstić information content (AvgIpc) is 2.84. The van der Waals surface area contributed by atoms with Gasteiger partial charge in [0.25, 0.3) is 0 Å². The molecule has 1 aromatic rings. The Kier molecular flexibility index (Phi) is 4.20. The van der Waals surface area contributed by atoms with E-state index in [-0.39, 0.29) is 30.0 Å². The maximum Gasteiger partial charge on any atom is 0.224 e. The van der Waals surface area contributed by atoms with E-state index in [2.05, 4.69) is 10.2 Å². The van der Waals surface area contributed by atoms with E-state index in [1.54, 1.807) is 0 Å². The van der Waals surface area contributed by atoms with Crippen molar-refractivity contribution in [3.05, 3.63) is 34.9 Å². The number of likely N-dealkylation sites (tertiary alicyclic amines) is 1. The summed E-state index contributed by atoms with van der Waals surface area (Å²) < 4.78 is 0. The number of amides is 1. The molecule has 114 valence electrons. The minimum Gasteiger partial charge on any atom is -0.354 e. The van der Waals surface area contributed by atoms with E-state index in [9.17, 15) is 4.79 Å². The fraction of sp³-hybridized carbons (Fsp3) is 0.562. The Morgan fingerprint density at radius 1 is 1.43 bits per heavy atom. The topological polar surface area (TPSA) is 58.4 Å². The minimum atomic E-state index is -0.0423. The van der Waals surface area contributed by atoms with E-state index in [0.29, 0.717) is 0 Å². The summed E-state index contributed by atoms with van der Waals surface area (Å²) in [6.07, 6.45) is 2.00. The van der Waals surface area contributed by atoms with Crippen molar-refractivity contribution in [3.8, 4) is 0 Å². The normalized spacial score (nSPS) is 28.8. The molecule has 0 spiro atoms. The lowest BCUT2D eigenvalue weighted by molar-refractivity contribution is -0.124. The van der Waals surface area contributed by atoms with E-state index in [4.69, 9.17) is 17.3 Å². The van der Waals surface area contributed by atoms with Crippen molar-refractivity contribution in [1.29, 1.82) is 0 Å². The van der Waals surface area contributed by atoms with Gasteiger partial charge in [0.1, 0.15) is 0 Å². The Bertz CT molecular complexity index is 534. The first kappa shape index (κ1) is 14.8. The van der Waals surface area contributed by atoms with Gasteiger partial charge in [0.2, 0.25) is 5.91 Å². The molecule has 2 saturated heterocycles. The van der Waals surface area contributed by atoms with Crippen molar-refractivity contribution >= 4 is 17.5 Å². The highest BCUT2D eigenvalue weighted by atomic mass is 35.5. The summed E-state index contributed by atoms with van der Waals surface area (Å²) in [5, 5.41) is 3.75. The Balaban J connectivity index is 1.94. The first-order valence-electron chi connectivity index (χ1n) is 7.63. The molecule has 0 radical (unpaired) electrons. The standard InChI is InChI=1S/C16H22ClN3O/c1-10(18)15(11-5-2-3-7-13(11)17)20-8-4-6-12-14(20)9-19-16(12)21/h2-3,5,7,10,12,14-15H,4,6,8-9,18H2,1H3,(H,19,21). The highest BCUT2D eigenvalue weighted by molar-refractivity contribution is 6.31. The highest BCUT2D eigenvalue weighted by Gasteiger charge is 2.44. The van der Waals surface area contributed by atoms with Crippen LogP contribution in [-0.4, -0.2) is 36.0 Å². The van der Waals surface area contributed by atoms with E-state index in [0.717, 1.165) is 36.5 Å². The number of fused-ring (bicyclic) bond motifs is 1. The molecular formula is C16H22ClN3O. The monoisotopic (exact) mass is 307 g/mol. The molecule has 2 heterocycles. The van der Waals surface area contributed by atoms with Crippen molar-refractivity contribution < 1.29 is 4.79 Å². The van der Waals surface area contributed by atoms with Gasteiger partial charge < -0.3 is 11.1 Å². The number of rotatable bonds is 3. The molecule has 4 nitrogen and oxygen atoms in total. The first-order chi connectivity index (χ1) is 10.1. The van der Waals surface area contributed by atoms with Gasteiger partial charge in [0.05, 0.1) is 12.0 Å². The third-order valence-electron chi connectivity index (χ3n) is 4.72. The second-order valence-corrected chi connectivity index (χ2v) is 6.53. The Morgan fingerprint density at radius 2 is 2.19 bits per heavy atom. The second-order valence-electron chi connectivity index (χ2n) is 6.12. The predicted molar refractivity (Wildman–Crippen MR) is 84.1 cm³/mol. The predicted octanol–water partition coefficient (Wildman–Crippen LogP) is 1.94. The van der Waals surface area contributed by atoms with Gasteiger partial charge in [0, 0.05) is 23.7 Å². The number of hydrogen-bond acceptors (Lipinski definition) is 3. The van der Waals surface area contributed by atoms with Crippen LogP contribution < -0.4 is 11.1 Å². The van der Waals surface area contributed by atoms with Gasteiger partial charge in [0.15, 0.2) is 0 Å². The molecule has 2 aliphatic rings. The van der Waals surface area contributed by atoms with E-state index < -0.39 is 0 Å². The van der Waals surface area contributed by atoms with Crippen LogP contribution in [0.5, 0.6) is 0 Å². The lowest BCUT2D eigenvalue weighted by atomic mass is 9.87. The zero-order chi connectivity index (χ0) is 15.0. The quantitative estimate of drug-likeness (QED) is 0.897. The van der Waals surface area contributed by atoms with Gasteiger partial charge in [-0.3, -0.25) is 9.69 Å². The molecule has 1 amide bonds. The highest BCUT2D eigenvalue weighted by Crippen LogP contribution is 2.37. The molecule has 4 unspecified atom stereocenters. The number of nitrogens with two attached hydrogens (primary N) is 1. The summed E-state index contributed by atoms with van der Waals surface area (Å²) in [4.78, 5) is 14.3. The molecule has 0 saturated carbocycles. The summed E-state index contributed by atoms with van der Waals surface area (Å²) in [6, 6.07) is 8.13. The molecule has 0 bridgehead atoms. The summed E-state index contributed by atoms with van der Waals surface area (Å²) in [5.41, 5.74) is 7.34. The molecule has 1 aromatic carbocycles. The zero-order valence-electron chi connectivity index (χ0n) is 12.3. The van der Waals surface area contributed by atoms with Crippen molar-refractivity contribution in [2.75, 3.05) is 13.1 Å². The molecule has 3 rings (SSSR count). The van der Waals surface area contributed by atoms with Crippen molar-refractivity contribution in [3.63, 3.8) is 0 Å². The van der Waals surface area contributed by atoms with Crippen LogP contribution >= 0.6 is 11.6 Å². The van der Waals surface area contributed by atoms with Crippen molar-refractivity contribution in [2.24, 2.45) is 11.7 Å². The molecule has 0 aliphatic carbocycles. The number of hydrogen-bond donors (Lipinski definition) is 2. The number of carbonyl (C=O) groups is 1. The van der Waals surface area contributed by atoms with Crippen LogP contribution in [0.15, 0.2) is 24.3 Å². The molecule has 4 atom stereocenters. The summed E-state index contributed by atoms with van der Waals surface area (Å²) in [7, 11) is 0. The SMILES string of the molecule is CC(N)C(c1ccccc1Cl)N1CCCC2C(=O)NCC21. The summed E-state index contributed by atoms with van der Waals surface area (Å²) in [5.74, 6) is 0.287. The van der Waals surface area contributed by atoms with Gasteiger partial charge in [-0.2, -0.15) is 0 Å². The van der Waals surface area contributed by atoms with Crippen molar-refractivity contribution in [2.45, 2.75) is 37.9 Å². The third kappa shape index (κ3) is 2.68. The number of nitrogens with zero attached hydrogens (tertiary/aromatic N) is 1. The second kappa shape index (κ2) is 5.95. The first-order valence-corrected chi connectivity index (χ1v) is 8.01. The molecule has 2 fully saturated rings. The van der Waals surface area contributed by atoms with Crippen molar-refractivity contribution in [1.82, 2.24) is 10.2 Å². The van der Waals surface area contributed by atoms with Crippen LogP contribution in [-0.2, 0) is 4.79 Å². The van der Waals surface area contributed by atoms with Gasteiger partial charge in [-0.15, -0.1) is 0 Å². The fourth-order valence-corrected chi connectivity index (χ4v) is 4.06. The molecule has 2 aliphatic heterocycles. The number of piperidine rings is 1. The Hall–Kier alpha value is -1.10. The Labute approximate surface area is 130 Å². The molecule has 21 heavy (non-hydrogen) atoms. The number of carbonyl (C=O) groups excluding carboxylic acids is 1. The maximum absolute atomic E-state index is 12.0. The largest absolute Gasteiger partial charge is 0.354 e. The average molecular weight is 308 g/mol. The van der Waals surface area contributed by atoms with Gasteiger partial charge in [-0.1, -0.05) is 29.8 Å². The number of halogens is 1.